The SMILES string of the molecule is CCCCCCCCOc1ccc(Cl)cc1/C=C(/C#N)C(=O)Nc1ccc(C)cc1. The predicted molar refractivity (Wildman–Crippen MR) is 124 cm³/mol. The highest BCUT2D eigenvalue weighted by atomic mass is 35.5. The van der Waals surface area contributed by atoms with Gasteiger partial charge in [0.2, 0.25) is 0 Å². The molecule has 0 unspecified atom stereocenters. The minimum atomic E-state index is -0.469. The van der Waals surface area contributed by atoms with Gasteiger partial charge in [0.25, 0.3) is 5.91 Å². The van der Waals surface area contributed by atoms with Gasteiger partial charge in [0.15, 0.2) is 0 Å². The van der Waals surface area contributed by atoms with Crippen molar-refractivity contribution in [2.24, 2.45) is 0 Å². The van der Waals surface area contributed by atoms with E-state index in [9.17, 15) is 10.1 Å². The molecule has 158 valence electrons. The first-order chi connectivity index (χ1) is 14.5. The van der Waals surface area contributed by atoms with Crippen molar-refractivity contribution >= 4 is 29.3 Å². The fourth-order valence-electron chi connectivity index (χ4n) is 2.97. The van der Waals surface area contributed by atoms with Gasteiger partial charge in [-0.1, -0.05) is 68.3 Å². The van der Waals surface area contributed by atoms with Crippen molar-refractivity contribution in [3.8, 4) is 11.8 Å². The largest absolute Gasteiger partial charge is 0.493 e. The topological polar surface area (TPSA) is 62.1 Å². The highest BCUT2D eigenvalue weighted by Crippen LogP contribution is 2.26. The third-order valence-electron chi connectivity index (χ3n) is 4.70. The maximum atomic E-state index is 12.5. The minimum absolute atomic E-state index is 0.0118. The maximum absolute atomic E-state index is 12.5. The minimum Gasteiger partial charge on any atom is -0.493 e. The summed E-state index contributed by atoms with van der Waals surface area (Å²) < 4.78 is 5.91. The molecular weight excluding hydrogens is 396 g/mol. The number of hydrogen-bond donors (Lipinski definition) is 1. The molecule has 0 aliphatic carbocycles. The molecule has 0 spiro atoms. The second-order valence-corrected chi connectivity index (χ2v) is 7.72. The van der Waals surface area contributed by atoms with Crippen LogP contribution in [-0.4, -0.2) is 12.5 Å². The normalized spacial score (nSPS) is 11.1. The van der Waals surface area contributed by atoms with Crippen molar-refractivity contribution in [1.29, 1.82) is 5.26 Å². The van der Waals surface area contributed by atoms with Crippen LogP contribution in [0.25, 0.3) is 6.08 Å². The van der Waals surface area contributed by atoms with Gasteiger partial charge in [0.1, 0.15) is 17.4 Å². The number of hydrogen-bond acceptors (Lipinski definition) is 3. The second-order valence-electron chi connectivity index (χ2n) is 7.29. The molecule has 0 fully saturated rings. The highest BCUT2D eigenvalue weighted by Gasteiger charge is 2.12. The summed E-state index contributed by atoms with van der Waals surface area (Å²) in [6, 6.07) is 14.6. The van der Waals surface area contributed by atoms with Gasteiger partial charge in [-0.3, -0.25) is 4.79 Å². The van der Waals surface area contributed by atoms with E-state index in [0.717, 1.165) is 18.4 Å². The van der Waals surface area contributed by atoms with Gasteiger partial charge < -0.3 is 10.1 Å². The van der Waals surface area contributed by atoms with Crippen LogP contribution in [0.4, 0.5) is 5.69 Å². The Kier molecular flexibility index (Phi) is 9.97. The molecule has 30 heavy (non-hydrogen) atoms. The van der Waals surface area contributed by atoms with E-state index in [1.54, 1.807) is 30.3 Å². The lowest BCUT2D eigenvalue weighted by Gasteiger charge is -2.11. The molecule has 2 aromatic carbocycles. The number of halogens is 1. The molecule has 0 saturated carbocycles. The second kappa shape index (κ2) is 12.7. The van der Waals surface area contributed by atoms with Gasteiger partial charge in [-0.25, -0.2) is 0 Å². The molecular formula is C25H29ClN2O2. The summed E-state index contributed by atoms with van der Waals surface area (Å²) in [5.74, 6) is 0.145. The first-order valence-corrected chi connectivity index (χ1v) is 10.8. The van der Waals surface area contributed by atoms with Crippen LogP contribution < -0.4 is 10.1 Å². The number of carbonyl (C=O) groups excluding carboxylic acids is 1. The Morgan fingerprint density at radius 2 is 1.80 bits per heavy atom. The molecule has 2 rings (SSSR count). The lowest BCUT2D eigenvalue weighted by Crippen LogP contribution is -2.13. The van der Waals surface area contributed by atoms with Crippen LogP contribution >= 0.6 is 11.6 Å². The van der Waals surface area contributed by atoms with E-state index in [2.05, 4.69) is 12.2 Å². The lowest BCUT2D eigenvalue weighted by molar-refractivity contribution is -0.112. The molecule has 0 heterocycles. The Morgan fingerprint density at radius 3 is 2.50 bits per heavy atom. The molecule has 0 aliphatic heterocycles. The van der Waals surface area contributed by atoms with Crippen LogP contribution in [0, 0.1) is 18.3 Å². The van der Waals surface area contributed by atoms with Crippen molar-refractivity contribution in [1.82, 2.24) is 0 Å². The smallest absolute Gasteiger partial charge is 0.266 e. The van der Waals surface area contributed by atoms with Gasteiger partial charge in [0, 0.05) is 16.3 Å². The van der Waals surface area contributed by atoms with Gasteiger partial charge in [-0.2, -0.15) is 5.26 Å². The number of nitrogens with zero attached hydrogens (tertiary/aromatic N) is 1. The molecule has 0 atom stereocenters. The summed E-state index contributed by atoms with van der Waals surface area (Å²) in [6.45, 7) is 4.76. The average Bonchev–Trinajstić information content (AvgIpc) is 2.74. The van der Waals surface area contributed by atoms with Crippen LogP contribution in [0.15, 0.2) is 48.0 Å². The molecule has 0 aromatic heterocycles. The number of carbonyl (C=O) groups is 1. The lowest BCUT2D eigenvalue weighted by atomic mass is 10.1. The van der Waals surface area contributed by atoms with Gasteiger partial charge in [0.05, 0.1) is 6.61 Å². The maximum Gasteiger partial charge on any atom is 0.266 e. The van der Waals surface area contributed by atoms with Crippen molar-refractivity contribution < 1.29 is 9.53 Å². The van der Waals surface area contributed by atoms with E-state index < -0.39 is 5.91 Å². The zero-order valence-electron chi connectivity index (χ0n) is 17.7. The molecule has 0 radical (unpaired) electrons. The molecule has 2 aromatic rings. The van der Waals surface area contributed by atoms with E-state index >= 15 is 0 Å². The number of benzene rings is 2. The Bertz CT molecular complexity index is 898. The number of amides is 1. The van der Waals surface area contributed by atoms with E-state index in [-0.39, 0.29) is 5.57 Å². The first kappa shape index (κ1) is 23.5. The molecule has 0 saturated heterocycles. The summed E-state index contributed by atoms with van der Waals surface area (Å²) in [6.07, 6.45) is 8.58. The zero-order valence-corrected chi connectivity index (χ0v) is 18.5. The molecule has 0 bridgehead atoms. The standard InChI is InChI=1S/C25H29ClN2O2/c1-3-4-5-6-7-8-15-30-24-14-11-22(26)17-20(24)16-21(18-27)25(29)28-23-12-9-19(2)10-13-23/h9-14,16-17H,3-8,15H2,1-2H3,(H,28,29)/b21-16-. The van der Waals surface area contributed by atoms with Gasteiger partial charge in [-0.15, -0.1) is 0 Å². The fourth-order valence-corrected chi connectivity index (χ4v) is 3.15. The Balaban J connectivity index is 2.05. The summed E-state index contributed by atoms with van der Waals surface area (Å²) >= 11 is 6.13. The molecule has 1 N–H and O–H groups in total. The van der Waals surface area contributed by atoms with E-state index in [0.29, 0.717) is 28.6 Å². The van der Waals surface area contributed by atoms with E-state index in [1.165, 1.54) is 31.8 Å². The third-order valence-corrected chi connectivity index (χ3v) is 4.94. The zero-order chi connectivity index (χ0) is 21.8. The molecule has 4 nitrogen and oxygen atoms in total. The number of unbranched alkanes of at least 4 members (excludes halogenated alkanes) is 5. The molecule has 1 amide bonds. The molecule has 5 heteroatoms. The Labute approximate surface area is 184 Å². The van der Waals surface area contributed by atoms with Crippen LogP contribution in [0.2, 0.25) is 5.02 Å². The van der Waals surface area contributed by atoms with E-state index in [1.807, 2.05) is 25.1 Å². The fraction of sp³-hybridized carbons (Fsp3) is 0.360. The number of nitrogens with one attached hydrogen (secondary N) is 1. The van der Waals surface area contributed by atoms with Crippen LogP contribution in [0.1, 0.15) is 56.6 Å². The molecule has 0 aliphatic rings. The van der Waals surface area contributed by atoms with Crippen molar-refractivity contribution in [3.63, 3.8) is 0 Å². The van der Waals surface area contributed by atoms with Crippen molar-refractivity contribution in [2.75, 3.05) is 11.9 Å². The van der Waals surface area contributed by atoms with Gasteiger partial charge >= 0.3 is 0 Å². The van der Waals surface area contributed by atoms with Crippen LogP contribution in [0.3, 0.4) is 0 Å². The number of nitriles is 1. The number of rotatable bonds is 11. The Hall–Kier alpha value is -2.77. The van der Waals surface area contributed by atoms with Crippen LogP contribution in [0.5, 0.6) is 5.75 Å². The number of aryl methyl sites for hydroxylation is 1. The predicted octanol–water partition coefficient (Wildman–Crippen LogP) is 6.93. The number of anilines is 1. The number of ether oxygens (including phenoxy) is 1. The van der Waals surface area contributed by atoms with Crippen molar-refractivity contribution in [2.45, 2.75) is 52.4 Å². The highest BCUT2D eigenvalue weighted by molar-refractivity contribution is 6.30. The van der Waals surface area contributed by atoms with Crippen LogP contribution in [-0.2, 0) is 4.79 Å². The third kappa shape index (κ3) is 7.93. The monoisotopic (exact) mass is 424 g/mol. The van der Waals surface area contributed by atoms with E-state index in [4.69, 9.17) is 16.3 Å². The summed E-state index contributed by atoms with van der Waals surface area (Å²) in [7, 11) is 0. The Morgan fingerprint density at radius 1 is 1.10 bits per heavy atom. The quantitative estimate of drug-likeness (QED) is 0.241. The first-order valence-electron chi connectivity index (χ1n) is 10.5. The summed E-state index contributed by atoms with van der Waals surface area (Å²) in [5, 5.41) is 12.8. The van der Waals surface area contributed by atoms with Crippen molar-refractivity contribution in [3.05, 3.63) is 64.2 Å². The summed E-state index contributed by atoms with van der Waals surface area (Å²) in [4.78, 5) is 12.5. The average molecular weight is 425 g/mol. The summed E-state index contributed by atoms with van der Waals surface area (Å²) in [5.41, 5.74) is 2.33. The van der Waals surface area contributed by atoms with Gasteiger partial charge in [-0.05, 0) is 49.8 Å².